The zero-order valence-corrected chi connectivity index (χ0v) is 15.1. The van der Waals surface area contributed by atoms with Crippen LogP contribution in [-0.2, 0) is 16.0 Å². The summed E-state index contributed by atoms with van der Waals surface area (Å²) >= 11 is 5.82. The van der Waals surface area contributed by atoms with Crippen LogP contribution in [0.15, 0.2) is 48.5 Å². The van der Waals surface area contributed by atoms with Crippen molar-refractivity contribution in [3.63, 3.8) is 0 Å². The van der Waals surface area contributed by atoms with E-state index in [1.165, 1.54) is 0 Å². The maximum atomic E-state index is 12.0. The minimum Gasteiger partial charge on any atom is -0.376 e. The topological polar surface area (TPSA) is 61.4 Å². The third-order valence-electron chi connectivity index (χ3n) is 3.63. The highest BCUT2D eigenvalue weighted by atomic mass is 35.5. The molecule has 0 aliphatic heterocycles. The van der Waals surface area contributed by atoms with Gasteiger partial charge in [-0.2, -0.15) is 0 Å². The second kappa shape index (κ2) is 9.08. The number of carbonyl (C=O) groups is 2. The molecule has 0 aromatic heterocycles. The van der Waals surface area contributed by atoms with Crippen LogP contribution in [0.5, 0.6) is 0 Å². The van der Waals surface area contributed by atoms with Gasteiger partial charge >= 0.3 is 0 Å². The quantitative estimate of drug-likeness (QED) is 0.796. The monoisotopic (exact) mass is 359 g/mol. The molecule has 0 bridgehead atoms. The molecule has 2 N–H and O–H groups in total. The maximum absolute atomic E-state index is 12.0. The summed E-state index contributed by atoms with van der Waals surface area (Å²) in [6.07, 6.45) is 1.14. The van der Waals surface area contributed by atoms with E-state index in [2.05, 4.69) is 10.6 Å². The lowest BCUT2D eigenvalue weighted by atomic mass is 10.1. The molecule has 2 rings (SSSR count). The third kappa shape index (κ3) is 6.47. The van der Waals surface area contributed by atoms with Crippen molar-refractivity contribution in [1.29, 1.82) is 0 Å². The Morgan fingerprint density at radius 2 is 1.76 bits per heavy atom. The van der Waals surface area contributed by atoms with E-state index < -0.39 is 0 Å². The van der Waals surface area contributed by atoms with Gasteiger partial charge in [0.05, 0.1) is 6.54 Å². The molecule has 5 nitrogen and oxygen atoms in total. The first-order valence-corrected chi connectivity index (χ1v) is 8.40. The summed E-state index contributed by atoms with van der Waals surface area (Å²) in [4.78, 5) is 25.2. The standard InChI is InChI=1S/C19H22ClN3O2/c1-23(2)19(25)11-6-14-4-3-5-17(12-14)21-13-18(24)22-16-9-7-15(20)8-10-16/h3-5,7-10,12,21H,6,11,13H2,1-2H3,(H,22,24). The predicted molar refractivity (Wildman–Crippen MR) is 102 cm³/mol. The van der Waals surface area contributed by atoms with E-state index in [0.29, 0.717) is 23.6 Å². The largest absolute Gasteiger partial charge is 0.376 e. The number of hydrogen-bond acceptors (Lipinski definition) is 3. The molecule has 0 spiro atoms. The summed E-state index contributed by atoms with van der Waals surface area (Å²) in [5.41, 5.74) is 2.60. The molecular formula is C19H22ClN3O2. The van der Waals surface area contributed by atoms with Crippen LogP contribution in [-0.4, -0.2) is 37.4 Å². The third-order valence-corrected chi connectivity index (χ3v) is 3.89. The molecule has 2 amide bonds. The second-order valence-corrected chi connectivity index (χ2v) is 6.33. The van der Waals surface area contributed by atoms with Gasteiger partial charge in [0, 0.05) is 36.9 Å². The number of anilines is 2. The average molecular weight is 360 g/mol. The van der Waals surface area contributed by atoms with Gasteiger partial charge in [-0.05, 0) is 48.4 Å². The first kappa shape index (κ1) is 18.8. The van der Waals surface area contributed by atoms with Crippen LogP contribution >= 0.6 is 11.6 Å². The van der Waals surface area contributed by atoms with Gasteiger partial charge in [0.1, 0.15) is 0 Å². The Balaban J connectivity index is 1.83. The molecule has 2 aromatic carbocycles. The van der Waals surface area contributed by atoms with Crippen molar-refractivity contribution in [2.24, 2.45) is 0 Å². The molecule has 0 saturated heterocycles. The zero-order chi connectivity index (χ0) is 18.2. The predicted octanol–water partition coefficient (Wildman–Crippen LogP) is 3.41. The highest BCUT2D eigenvalue weighted by Gasteiger charge is 2.06. The summed E-state index contributed by atoms with van der Waals surface area (Å²) in [6.45, 7) is 0.155. The van der Waals surface area contributed by atoms with Gasteiger partial charge in [0.15, 0.2) is 0 Å². The van der Waals surface area contributed by atoms with Crippen LogP contribution in [0, 0.1) is 0 Å². The Morgan fingerprint density at radius 1 is 1.04 bits per heavy atom. The van der Waals surface area contributed by atoms with Crippen molar-refractivity contribution < 1.29 is 9.59 Å². The summed E-state index contributed by atoms with van der Waals surface area (Å²) in [5, 5.41) is 6.52. The number of aryl methyl sites for hydroxylation is 1. The van der Waals surface area contributed by atoms with E-state index in [1.54, 1.807) is 43.3 Å². The van der Waals surface area contributed by atoms with E-state index in [0.717, 1.165) is 11.3 Å². The van der Waals surface area contributed by atoms with Gasteiger partial charge < -0.3 is 15.5 Å². The number of halogens is 1. The molecular weight excluding hydrogens is 338 g/mol. The molecule has 0 atom stereocenters. The van der Waals surface area contributed by atoms with E-state index in [1.807, 2.05) is 24.3 Å². The van der Waals surface area contributed by atoms with Gasteiger partial charge in [-0.1, -0.05) is 23.7 Å². The average Bonchev–Trinajstić information content (AvgIpc) is 2.60. The molecule has 0 saturated carbocycles. The molecule has 132 valence electrons. The van der Waals surface area contributed by atoms with Gasteiger partial charge in [-0.15, -0.1) is 0 Å². The number of nitrogens with zero attached hydrogens (tertiary/aromatic N) is 1. The minimum absolute atomic E-state index is 0.0979. The lowest BCUT2D eigenvalue weighted by Gasteiger charge is -2.11. The molecule has 0 radical (unpaired) electrons. The zero-order valence-electron chi connectivity index (χ0n) is 14.4. The highest BCUT2D eigenvalue weighted by molar-refractivity contribution is 6.30. The van der Waals surface area contributed by atoms with Crippen LogP contribution in [0.1, 0.15) is 12.0 Å². The van der Waals surface area contributed by atoms with Gasteiger partial charge in [0.2, 0.25) is 11.8 Å². The first-order valence-electron chi connectivity index (χ1n) is 8.02. The minimum atomic E-state index is -0.143. The van der Waals surface area contributed by atoms with Crippen LogP contribution in [0.3, 0.4) is 0 Å². The fourth-order valence-electron chi connectivity index (χ4n) is 2.23. The smallest absolute Gasteiger partial charge is 0.243 e. The summed E-state index contributed by atoms with van der Waals surface area (Å²) in [7, 11) is 3.50. The molecule has 0 heterocycles. The normalized spacial score (nSPS) is 10.2. The van der Waals surface area contributed by atoms with Crippen molar-refractivity contribution in [1.82, 2.24) is 4.90 Å². The van der Waals surface area contributed by atoms with E-state index >= 15 is 0 Å². The van der Waals surface area contributed by atoms with Crippen LogP contribution in [0.25, 0.3) is 0 Å². The Kier molecular flexibility index (Phi) is 6.83. The number of carbonyl (C=O) groups excluding carboxylic acids is 2. The van der Waals surface area contributed by atoms with Crippen molar-refractivity contribution in [2.75, 3.05) is 31.3 Å². The lowest BCUT2D eigenvalue weighted by Crippen LogP contribution is -2.22. The Hall–Kier alpha value is -2.53. The van der Waals surface area contributed by atoms with Gasteiger partial charge in [-0.3, -0.25) is 9.59 Å². The molecule has 0 aliphatic rings. The molecule has 2 aromatic rings. The molecule has 0 fully saturated rings. The fraction of sp³-hybridized carbons (Fsp3) is 0.263. The van der Waals surface area contributed by atoms with E-state index in [4.69, 9.17) is 11.6 Å². The molecule has 25 heavy (non-hydrogen) atoms. The molecule has 0 unspecified atom stereocenters. The first-order chi connectivity index (χ1) is 11.9. The number of hydrogen-bond donors (Lipinski definition) is 2. The van der Waals surface area contributed by atoms with Crippen molar-refractivity contribution >= 4 is 34.8 Å². The number of benzene rings is 2. The number of nitrogens with one attached hydrogen (secondary N) is 2. The lowest BCUT2D eigenvalue weighted by molar-refractivity contribution is -0.128. The van der Waals surface area contributed by atoms with Crippen LogP contribution in [0.2, 0.25) is 5.02 Å². The van der Waals surface area contributed by atoms with Gasteiger partial charge in [0.25, 0.3) is 0 Å². The van der Waals surface area contributed by atoms with E-state index in [-0.39, 0.29) is 18.4 Å². The number of amides is 2. The molecule has 0 aliphatic carbocycles. The summed E-state index contributed by atoms with van der Waals surface area (Å²) in [5.74, 6) is -0.0452. The van der Waals surface area contributed by atoms with Gasteiger partial charge in [-0.25, -0.2) is 0 Å². The number of rotatable bonds is 7. The Labute approximate surface area is 153 Å². The van der Waals surface area contributed by atoms with Crippen LogP contribution < -0.4 is 10.6 Å². The Bertz CT molecular complexity index is 730. The summed E-state index contributed by atoms with van der Waals surface area (Å²) in [6, 6.07) is 14.7. The molecule has 6 heteroatoms. The SMILES string of the molecule is CN(C)C(=O)CCc1cccc(NCC(=O)Nc2ccc(Cl)cc2)c1. The van der Waals surface area contributed by atoms with Crippen LogP contribution in [0.4, 0.5) is 11.4 Å². The van der Waals surface area contributed by atoms with Crippen molar-refractivity contribution in [2.45, 2.75) is 12.8 Å². The summed E-state index contributed by atoms with van der Waals surface area (Å²) < 4.78 is 0. The highest BCUT2D eigenvalue weighted by Crippen LogP contribution is 2.14. The fourth-order valence-corrected chi connectivity index (χ4v) is 2.36. The Morgan fingerprint density at radius 3 is 2.44 bits per heavy atom. The second-order valence-electron chi connectivity index (χ2n) is 5.90. The maximum Gasteiger partial charge on any atom is 0.243 e. The van der Waals surface area contributed by atoms with Crippen molar-refractivity contribution in [3.05, 3.63) is 59.1 Å². The van der Waals surface area contributed by atoms with E-state index in [9.17, 15) is 9.59 Å². The van der Waals surface area contributed by atoms with Crippen molar-refractivity contribution in [3.8, 4) is 0 Å².